The quantitative estimate of drug-likeness (QED) is 0.814. The van der Waals surface area contributed by atoms with Crippen molar-refractivity contribution in [1.29, 1.82) is 0 Å². The highest BCUT2D eigenvalue weighted by Crippen LogP contribution is 2.26. The third-order valence-electron chi connectivity index (χ3n) is 3.53. The molecular formula is C14H19NO3. The van der Waals surface area contributed by atoms with Crippen LogP contribution in [0.4, 0.5) is 0 Å². The maximum atomic E-state index is 11.7. The fraction of sp³-hybridized carbons (Fsp3) is 0.500. The van der Waals surface area contributed by atoms with Gasteiger partial charge in [-0.05, 0) is 18.4 Å². The monoisotopic (exact) mass is 249 g/mol. The standard InChI is InChI=1S/C14H19NO3/c1-18-14(17)13-8-7-12(10-16)15(13)9-11-5-3-2-4-6-11/h2-6,12-13,16H,7-10H2,1H3/t12-,13+/m0/s1. The Morgan fingerprint density at radius 2 is 2.11 bits per heavy atom. The number of carbonyl (C=O) groups excluding carboxylic acids is 1. The SMILES string of the molecule is COC(=O)[C@H]1CC[C@@H](CO)N1Cc1ccccc1. The van der Waals surface area contributed by atoms with Crippen LogP contribution in [-0.2, 0) is 16.1 Å². The van der Waals surface area contributed by atoms with Gasteiger partial charge in [-0.1, -0.05) is 30.3 Å². The first-order chi connectivity index (χ1) is 8.76. The van der Waals surface area contributed by atoms with E-state index in [-0.39, 0.29) is 24.7 Å². The summed E-state index contributed by atoms with van der Waals surface area (Å²) in [6.45, 7) is 0.756. The van der Waals surface area contributed by atoms with Crippen molar-refractivity contribution in [3.05, 3.63) is 35.9 Å². The molecule has 1 aromatic carbocycles. The van der Waals surface area contributed by atoms with Crippen LogP contribution in [0.15, 0.2) is 30.3 Å². The number of ether oxygens (including phenoxy) is 1. The van der Waals surface area contributed by atoms with Gasteiger partial charge in [0.15, 0.2) is 0 Å². The second kappa shape index (κ2) is 5.98. The fourth-order valence-corrected chi connectivity index (χ4v) is 2.56. The van der Waals surface area contributed by atoms with Crippen LogP contribution in [0.5, 0.6) is 0 Å². The van der Waals surface area contributed by atoms with E-state index in [0.29, 0.717) is 6.54 Å². The molecule has 0 spiro atoms. The predicted octanol–water partition coefficient (Wildman–Crippen LogP) is 1.18. The number of aliphatic hydroxyl groups excluding tert-OH is 1. The molecule has 1 aliphatic heterocycles. The van der Waals surface area contributed by atoms with Crippen molar-refractivity contribution in [2.75, 3.05) is 13.7 Å². The third kappa shape index (κ3) is 2.71. The molecule has 4 nitrogen and oxygen atoms in total. The Balaban J connectivity index is 2.12. The van der Waals surface area contributed by atoms with Gasteiger partial charge in [-0.15, -0.1) is 0 Å². The summed E-state index contributed by atoms with van der Waals surface area (Å²) in [5.41, 5.74) is 1.15. The van der Waals surface area contributed by atoms with E-state index in [1.807, 2.05) is 35.2 Å². The number of hydrogen-bond acceptors (Lipinski definition) is 4. The molecule has 0 saturated carbocycles. The number of rotatable bonds is 4. The number of hydrogen-bond donors (Lipinski definition) is 1. The molecule has 98 valence electrons. The van der Waals surface area contributed by atoms with Crippen molar-refractivity contribution < 1.29 is 14.6 Å². The molecule has 1 N–H and O–H groups in total. The largest absolute Gasteiger partial charge is 0.468 e. The van der Waals surface area contributed by atoms with Crippen LogP contribution >= 0.6 is 0 Å². The Kier molecular flexibility index (Phi) is 4.33. The molecular weight excluding hydrogens is 230 g/mol. The maximum Gasteiger partial charge on any atom is 0.323 e. The second-order valence-corrected chi connectivity index (χ2v) is 4.61. The highest BCUT2D eigenvalue weighted by Gasteiger charge is 2.37. The first kappa shape index (κ1) is 13.1. The Morgan fingerprint density at radius 3 is 2.72 bits per heavy atom. The van der Waals surface area contributed by atoms with Crippen molar-refractivity contribution in [3.8, 4) is 0 Å². The first-order valence-corrected chi connectivity index (χ1v) is 6.24. The number of esters is 1. The molecule has 0 radical (unpaired) electrons. The van der Waals surface area contributed by atoms with Gasteiger partial charge in [0.05, 0.1) is 13.7 Å². The van der Waals surface area contributed by atoms with Gasteiger partial charge < -0.3 is 9.84 Å². The zero-order chi connectivity index (χ0) is 13.0. The van der Waals surface area contributed by atoms with E-state index in [4.69, 9.17) is 4.74 Å². The van der Waals surface area contributed by atoms with Crippen molar-refractivity contribution in [2.24, 2.45) is 0 Å². The summed E-state index contributed by atoms with van der Waals surface area (Å²) in [6, 6.07) is 9.80. The summed E-state index contributed by atoms with van der Waals surface area (Å²) in [7, 11) is 1.41. The van der Waals surface area contributed by atoms with E-state index in [2.05, 4.69) is 0 Å². The maximum absolute atomic E-state index is 11.7. The molecule has 4 heteroatoms. The van der Waals surface area contributed by atoms with Crippen LogP contribution in [0.1, 0.15) is 18.4 Å². The summed E-state index contributed by atoms with van der Waals surface area (Å²) in [5.74, 6) is -0.207. The first-order valence-electron chi connectivity index (χ1n) is 6.24. The minimum absolute atomic E-state index is 0.0503. The van der Waals surface area contributed by atoms with Crippen LogP contribution in [-0.4, -0.2) is 41.8 Å². The van der Waals surface area contributed by atoms with Crippen LogP contribution in [0.25, 0.3) is 0 Å². The number of carbonyl (C=O) groups is 1. The van der Waals surface area contributed by atoms with E-state index < -0.39 is 0 Å². The predicted molar refractivity (Wildman–Crippen MR) is 67.9 cm³/mol. The topological polar surface area (TPSA) is 49.8 Å². The molecule has 1 aliphatic rings. The zero-order valence-corrected chi connectivity index (χ0v) is 10.6. The third-order valence-corrected chi connectivity index (χ3v) is 3.53. The zero-order valence-electron chi connectivity index (χ0n) is 10.6. The number of aliphatic hydroxyl groups is 1. The number of nitrogens with zero attached hydrogens (tertiary/aromatic N) is 1. The lowest BCUT2D eigenvalue weighted by atomic mass is 10.2. The molecule has 0 unspecified atom stereocenters. The van der Waals surface area contributed by atoms with E-state index in [1.165, 1.54) is 7.11 Å². The Hall–Kier alpha value is -1.39. The van der Waals surface area contributed by atoms with Crippen molar-refractivity contribution in [2.45, 2.75) is 31.5 Å². The molecule has 0 bridgehead atoms. The highest BCUT2D eigenvalue weighted by molar-refractivity contribution is 5.76. The number of likely N-dealkylation sites (tertiary alicyclic amines) is 1. The van der Waals surface area contributed by atoms with E-state index in [9.17, 15) is 9.90 Å². The lowest BCUT2D eigenvalue weighted by Gasteiger charge is -2.27. The summed E-state index contributed by atoms with van der Waals surface area (Å²) < 4.78 is 4.83. The molecule has 0 amide bonds. The summed E-state index contributed by atoms with van der Waals surface area (Å²) >= 11 is 0. The molecule has 1 fully saturated rings. The molecule has 0 aliphatic carbocycles. The van der Waals surface area contributed by atoms with Crippen LogP contribution in [0.2, 0.25) is 0 Å². The van der Waals surface area contributed by atoms with Gasteiger partial charge in [0.1, 0.15) is 6.04 Å². The smallest absolute Gasteiger partial charge is 0.323 e. The van der Waals surface area contributed by atoms with Crippen LogP contribution < -0.4 is 0 Å². The van der Waals surface area contributed by atoms with Gasteiger partial charge in [-0.25, -0.2) is 0 Å². The Labute approximate surface area is 107 Å². The summed E-state index contributed by atoms with van der Waals surface area (Å²) in [4.78, 5) is 13.8. The number of methoxy groups -OCH3 is 1. The van der Waals surface area contributed by atoms with Gasteiger partial charge in [-0.3, -0.25) is 9.69 Å². The van der Waals surface area contributed by atoms with Crippen molar-refractivity contribution in [1.82, 2.24) is 4.90 Å². The molecule has 0 aromatic heterocycles. The van der Waals surface area contributed by atoms with Gasteiger partial charge in [0.25, 0.3) is 0 Å². The van der Waals surface area contributed by atoms with Crippen LogP contribution in [0.3, 0.4) is 0 Å². The van der Waals surface area contributed by atoms with Crippen molar-refractivity contribution >= 4 is 5.97 Å². The van der Waals surface area contributed by atoms with Crippen molar-refractivity contribution in [3.63, 3.8) is 0 Å². The normalized spacial score (nSPS) is 24.1. The second-order valence-electron chi connectivity index (χ2n) is 4.61. The molecule has 2 rings (SSSR count). The van der Waals surface area contributed by atoms with E-state index in [0.717, 1.165) is 18.4 Å². The minimum Gasteiger partial charge on any atom is -0.468 e. The number of benzene rings is 1. The van der Waals surface area contributed by atoms with Gasteiger partial charge in [-0.2, -0.15) is 0 Å². The Bertz CT molecular complexity index is 393. The fourth-order valence-electron chi connectivity index (χ4n) is 2.56. The summed E-state index contributed by atoms with van der Waals surface area (Å²) in [6.07, 6.45) is 1.59. The molecule has 2 atom stereocenters. The van der Waals surface area contributed by atoms with Gasteiger partial charge >= 0.3 is 5.97 Å². The lowest BCUT2D eigenvalue weighted by molar-refractivity contribution is -0.146. The van der Waals surface area contributed by atoms with Crippen LogP contribution in [0, 0.1) is 0 Å². The average Bonchev–Trinajstić information content (AvgIpc) is 2.82. The van der Waals surface area contributed by atoms with Gasteiger partial charge in [0, 0.05) is 12.6 Å². The molecule has 1 heterocycles. The molecule has 18 heavy (non-hydrogen) atoms. The average molecular weight is 249 g/mol. The van der Waals surface area contributed by atoms with Gasteiger partial charge in [0.2, 0.25) is 0 Å². The molecule has 1 saturated heterocycles. The minimum atomic E-state index is -0.229. The van der Waals surface area contributed by atoms with E-state index >= 15 is 0 Å². The highest BCUT2D eigenvalue weighted by atomic mass is 16.5. The van der Waals surface area contributed by atoms with E-state index in [1.54, 1.807) is 0 Å². The Morgan fingerprint density at radius 1 is 1.39 bits per heavy atom. The summed E-state index contributed by atoms with van der Waals surface area (Å²) in [5, 5.41) is 9.39. The molecule has 1 aromatic rings. The lowest BCUT2D eigenvalue weighted by Crippen LogP contribution is -2.42.